The molecular weight excluding hydrogens is 1500 g/mol. The van der Waals surface area contributed by atoms with E-state index in [0.717, 1.165) is 47.2 Å². The molecule has 0 unspecified atom stereocenters. The molecule has 6 fully saturated rings. The van der Waals surface area contributed by atoms with E-state index in [1.807, 2.05) is 125 Å². The van der Waals surface area contributed by atoms with Crippen LogP contribution in [0, 0.1) is 58.2 Å². The lowest BCUT2D eigenvalue weighted by molar-refractivity contribution is -0.160. The van der Waals surface area contributed by atoms with Crippen LogP contribution < -0.4 is 38.2 Å². The first-order valence-electron chi connectivity index (χ1n) is 40.5. The molecule has 26 nitrogen and oxygen atoms in total. The summed E-state index contributed by atoms with van der Waals surface area (Å²) < 4.78 is 91.4. The van der Waals surface area contributed by atoms with Gasteiger partial charge in [-0.05, 0) is 227 Å². The number of esters is 2. The summed E-state index contributed by atoms with van der Waals surface area (Å²) >= 11 is 0. The Kier molecular flexibility index (Phi) is 25.3. The van der Waals surface area contributed by atoms with E-state index in [1.165, 1.54) is 9.80 Å². The first-order chi connectivity index (χ1) is 53.3. The number of sulfonamides is 2. The van der Waals surface area contributed by atoms with Crippen LogP contribution in [0.3, 0.4) is 0 Å². The van der Waals surface area contributed by atoms with E-state index in [0.29, 0.717) is 86.3 Å². The van der Waals surface area contributed by atoms with Crippen LogP contribution >= 0.6 is 0 Å². The Labute approximate surface area is 672 Å². The Morgan fingerprint density at radius 1 is 0.544 bits per heavy atom. The molecule has 28 heteroatoms. The largest absolute Gasteiger partial charge is 0.497 e. The molecule has 4 aliphatic carbocycles. The molecule has 8 aliphatic rings. The van der Waals surface area contributed by atoms with Gasteiger partial charge in [0.1, 0.15) is 46.5 Å². The first-order valence-corrected chi connectivity index (χ1v) is 43.5. The van der Waals surface area contributed by atoms with Gasteiger partial charge in [0.25, 0.3) is 0 Å². The van der Waals surface area contributed by atoms with Gasteiger partial charge in [-0.25, -0.2) is 16.8 Å². The number of hydrogen-bond acceptors (Lipinski definition) is 22. The van der Waals surface area contributed by atoms with Crippen LogP contribution in [0.4, 0.5) is 11.6 Å². The maximum Gasteiger partial charge on any atom is 0.307 e. The Morgan fingerprint density at radius 2 is 0.904 bits per heavy atom. The third kappa shape index (κ3) is 19.6. The van der Waals surface area contributed by atoms with Crippen molar-refractivity contribution in [3.05, 3.63) is 72.8 Å². The van der Waals surface area contributed by atoms with Crippen molar-refractivity contribution in [1.82, 2.24) is 29.2 Å². The summed E-state index contributed by atoms with van der Waals surface area (Å²) in [7, 11) is 2.76. The number of aromatic nitrogens is 2. The highest BCUT2D eigenvalue weighted by molar-refractivity contribution is 7.92. The van der Waals surface area contributed by atoms with E-state index in [2.05, 4.69) is 23.3 Å². The summed E-state index contributed by atoms with van der Waals surface area (Å²) in [6.07, 6.45) is 12.9. The number of pyridine rings is 2. The van der Waals surface area contributed by atoms with E-state index in [9.17, 15) is 55.2 Å². The van der Waals surface area contributed by atoms with E-state index in [4.69, 9.17) is 38.4 Å². The minimum absolute atomic E-state index is 0.0448. The van der Waals surface area contributed by atoms with E-state index in [-0.39, 0.29) is 111 Å². The van der Waals surface area contributed by atoms with E-state index >= 15 is 0 Å². The van der Waals surface area contributed by atoms with Gasteiger partial charge >= 0.3 is 11.9 Å². The van der Waals surface area contributed by atoms with Gasteiger partial charge in [0.2, 0.25) is 55.4 Å². The number of fused-ring (bicyclic) bond motifs is 6. The molecule has 4 amide bonds. The number of allylic oxidation sites excluding steroid dienone is 4. The standard InChI is InChI=1S/2C43H60N4O9S/c2*1-26-12-10-11-13-29-23-43(29,40(51)45-57(52,53)42(6)16-17-42)24-35(48)34-21-31(25-47(34)39(50)33(27(2)18-26)22-37(49)56-41(3,4)5)55-38-32-15-14-30(54-9)19-28(32)20-36(44-38)46(7)8/h2*11,13-15,19-20,26-27,29,31,33-34H,10,12,16-18,21-25H2,1-9H3,(H,45,51)/b2*13-11-/t26-,27+,29+,31+,33-,34-,43+;26-,27-,29-,31-,33+,34+,43-/m01/s1. The highest BCUT2D eigenvalue weighted by atomic mass is 32.2. The molecule has 4 aromatic rings. The Morgan fingerprint density at radius 3 is 1.23 bits per heavy atom. The average molecular weight is 1620 g/mol. The molecule has 2 saturated heterocycles. The Balaban J connectivity index is 0.000000225. The minimum atomic E-state index is -3.96. The second-order valence-corrected chi connectivity index (χ2v) is 41.3. The molecule has 14 atom stereocenters. The van der Waals surface area contributed by atoms with Crippen molar-refractivity contribution < 1.29 is 83.6 Å². The van der Waals surface area contributed by atoms with Crippen molar-refractivity contribution >= 4 is 100 Å². The van der Waals surface area contributed by atoms with Crippen molar-refractivity contribution in [2.24, 2.45) is 58.2 Å². The molecule has 2 aromatic heterocycles. The molecule has 114 heavy (non-hydrogen) atoms. The van der Waals surface area contributed by atoms with Crippen LogP contribution in [0.2, 0.25) is 0 Å². The number of ketones is 2. The lowest BCUT2D eigenvalue weighted by atomic mass is 9.82. The van der Waals surface area contributed by atoms with E-state index in [1.54, 1.807) is 69.6 Å². The number of hydrogen-bond donors (Lipinski definition) is 2. The number of carbonyl (C=O) groups is 8. The number of ether oxygens (including phenoxy) is 6. The third-order valence-electron chi connectivity index (χ3n) is 24.7. The molecule has 2 aromatic carbocycles. The number of benzene rings is 2. The quantitative estimate of drug-likeness (QED) is 0.0690. The fourth-order valence-electron chi connectivity index (χ4n) is 16.9. The maximum absolute atomic E-state index is 15.0. The Hall–Kier alpha value is -8.40. The van der Waals surface area contributed by atoms with Crippen LogP contribution in [-0.2, 0) is 67.9 Å². The van der Waals surface area contributed by atoms with Crippen molar-refractivity contribution in [2.45, 2.75) is 244 Å². The number of Topliss-reactive ketones (excluding diaryl/α,β-unsaturated/α-hetero) is 2. The average Bonchev–Trinajstić information content (AvgIpc) is 1.57. The summed E-state index contributed by atoms with van der Waals surface area (Å²) in [4.78, 5) is 131. The van der Waals surface area contributed by atoms with Crippen LogP contribution in [0.25, 0.3) is 21.5 Å². The van der Waals surface area contributed by atoms with Crippen molar-refractivity contribution in [3.63, 3.8) is 0 Å². The predicted molar refractivity (Wildman–Crippen MR) is 435 cm³/mol. The number of carbonyl (C=O) groups excluding carboxylic acids is 8. The lowest BCUT2D eigenvalue weighted by Gasteiger charge is -2.32. The molecule has 2 N–H and O–H groups in total. The van der Waals surface area contributed by atoms with Gasteiger partial charge in [0.15, 0.2) is 11.6 Å². The monoisotopic (exact) mass is 1620 g/mol. The number of amides is 4. The highest BCUT2D eigenvalue weighted by Crippen LogP contribution is 2.59. The molecule has 6 heterocycles. The lowest BCUT2D eigenvalue weighted by Crippen LogP contribution is -2.48. The molecular formula is C86H120N8O18S2. The molecule has 12 rings (SSSR count). The Bertz CT molecular complexity index is 4370. The van der Waals surface area contributed by atoms with Gasteiger partial charge in [-0.3, -0.25) is 47.8 Å². The van der Waals surface area contributed by atoms with Crippen molar-refractivity contribution in [3.8, 4) is 23.3 Å². The van der Waals surface area contributed by atoms with Crippen molar-refractivity contribution in [2.75, 3.05) is 65.3 Å². The maximum atomic E-state index is 15.0. The summed E-state index contributed by atoms with van der Waals surface area (Å²) in [5.41, 5.74) is -4.05. The zero-order valence-corrected chi connectivity index (χ0v) is 71.5. The number of nitrogens with zero attached hydrogens (tertiary/aromatic N) is 6. The molecule has 0 radical (unpaired) electrons. The van der Waals surface area contributed by atoms with Gasteiger partial charge < -0.3 is 48.0 Å². The normalized spacial score (nSPS) is 29.6. The van der Waals surface area contributed by atoms with Crippen LogP contribution in [0.5, 0.6) is 23.3 Å². The second-order valence-electron chi connectivity index (χ2n) is 36.9. The SMILES string of the molecule is COc1ccc2c(O[C@@H]3C[C@H]4C(=O)C[C@]5(C(=O)NS(=O)(=O)C6(C)CC6)C[C@H]5/C=C\CC[C@@H](C)C[C@@H](C)[C@H](CC(=O)OC(C)(C)C)C(=O)N4C3)nc(N(C)C)cc2c1.COc1ccc2c(O[C@@H]3C[C@H]4C(=O)C[C@]5(C(=O)NS(=O)(=O)C6(C)CC6)C[C@H]5/C=C\CC[C@H](C)C[C@@H](C)[C@H](CC(=O)OC(C)(C)C)C(=O)N4C3)nc(N(C)C)cc2c1. The third-order valence-corrected chi connectivity index (χ3v) is 29.0. The minimum Gasteiger partial charge on any atom is -0.497 e. The van der Waals surface area contributed by atoms with Crippen LogP contribution in [0.15, 0.2) is 72.8 Å². The molecule has 0 spiro atoms. The summed E-state index contributed by atoms with van der Waals surface area (Å²) in [5, 5.41) is 3.11. The number of rotatable bonds is 18. The molecule has 624 valence electrons. The van der Waals surface area contributed by atoms with Gasteiger partial charge in [-0.1, -0.05) is 52.0 Å². The highest BCUT2D eigenvalue weighted by Gasteiger charge is 2.65. The first kappa shape index (κ1) is 86.5. The summed E-state index contributed by atoms with van der Waals surface area (Å²) in [6, 6.07) is 13.0. The second kappa shape index (κ2) is 33.3. The van der Waals surface area contributed by atoms with Gasteiger partial charge in [0, 0.05) is 64.6 Å². The van der Waals surface area contributed by atoms with Crippen LogP contribution in [0.1, 0.15) is 199 Å². The fraction of sp³-hybridized carbons (Fsp3) is 0.651. The zero-order valence-electron chi connectivity index (χ0n) is 69.8. The topological polar surface area (TPSA) is 323 Å². The zero-order chi connectivity index (χ0) is 83.3. The van der Waals surface area contributed by atoms with Gasteiger partial charge in [0.05, 0.1) is 84.4 Å². The molecule has 4 saturated carbocycles. The predicted octanol–water partition coefficient (Wildman–Crippen LogP) is 12.0. The number of methoxy groups -OCH3 is 2. The number of nitrogens with one attached hydrogen (secondary N) is 2. The summed E-state index contributed by atoms with van der Waals surface area (Å²) in [5.74, 6) is -2.74. The summed E-state index contributed by atoms with van der Waals surface area (Å²) in [6.45, 7) is 22.2. The smallest absolute Gasteiger partial charge is 0.307 e. The van der Waals surface area contributed by atoms with E-state index < -0.39 is 111 Å². The number of anilines is 2. The van der Waals surface area contributed by atoms with Gasteiger partial charge in [-0.15, -0.1) is 0 Å². The molecule has 0 bridgehead atoms. The fourth-order valence-corrected chi connectivity index (χ4v) is 19.6. The van der Waals surface area contributed by atoms with Crippen LogP contribution in [-0.4, -0.2) is 184 Å². The van der Waals surface area contributed by atoms with Crippen molar-refractivity contribution in [1.29, 1.82) is 0 Å². The van der Waals surface area contributed by atoms with Gasteiger partial charge in [-0.2, -0.15) is 9.97 Å². The molecule has 4 aliphatic heterocycles.